The number of carbonyl (C=O) groups is 1. The maximum atomic E-state index is 12.5. The van der Waals surface area contributed by atoms with Crippen LogP contribution < -0.4 is 0 Å². The van der Waals surface area contributed by atoms with Crippen LogP contribution in [0.1, 0.15) is 16.1 Å². The van der Waals surface area contributed by atoms with E-state index >= 15 is 0 Å². The molecule has 1 aromatic heterocycles. The number of likely N-dealkylation sites (N-methyl/N-ethyl adjacent to an activating group) is 1. The van der Waals surface area contributed by atoms with Crippen molar-refractivity contribution in [2.45, 2.75) is 13.0 Å². The van der Waals surface area contributed by atoms with Crippen LogP contribution in [-0.4, -0.2) is 59.1 Å². The summed E-state index contributed by atoms with van der Waals surface area (Å²) in [4.78, 5) is 14.0. The molecule has 2 aromatic rings. The number of aliphatic hydroxyl groups is 1. The minimum atomic E-state index is -0.729. The molecule has 0 bridgehead atoms. The molecule has 1 atom stereocenters. The average molecular weight is 338 g/mol. The molecule has 0 fully saturated rings. The summed E-state index contributed by atoms with van der Waals surface area (Å²) in [5.41, 5.74) is 1.88. The van der Waals surface area contributed by atoms with Gasteiger partial charge in [-0.05, 0) is 19.1 Å². The lowest BCUT2D eigenvalue weighted by Crippen LogP contribution is -2.36. The normalized spacial score (nSPS) is 12.2. The van der Waals surface area contributed by atoms with E-state index in [1.165, 1.54) is 18.2 Å². The fourth-order valence-corrected chi connectivity index (χ4v) is 2.55. The number of carbonyl (C=O) groups excluding carboxylic acids is 1. The first-order chi connectivity index (χ1) is 11.0. The molecular weight excluding hydrogens is 318 g/mol. The second-order valence-electron chi connectivity index (χ2n) is 5.30. The van der Waals surface area contributed by atoms with E-state index in [0.29, 0.717) is 22.0 Å². The predicted molar refractivity (Wildman–Crippen MR) is 88.2 cm³/mol. The molecule has 1 aromatic carbocycles. The Bertz CT molecular complexity index is 687. The van der Waals surface area contributed by atoms with Crippen LogP contribution in [0.4, 0.5) is 0 Å². The molecule has 124 valence electrons. The number of hydrogen-bond acceptors (Lipinski definition) is 4. The van der Waals surface area contributed by atoms with Gasteiger partial charge in [-0.1, -0.05) is 23.7 Å². The molecule has 0 saturated carbocycles. The van der Waals surface area contributed by atoms with E-state index in [9.17, 15) is 9.90 Å². The van der Waals surface area contributed by atoms with Crippen LogP contribution in [0.5, 0.6) is 0 Å². The molecule has 7 heteroatoms. The first kappa shape index (κ1) is 17.5. The molecule has 6 nitrogen and oxygen atoms in total. The number of ether oxygens (including phenoxy) is 1. The van der Waals surface area contributed by atoms with Crippen molar-refractivity contribution >= 4 is 17.5 Å². The Balaban J connectivity index is 2.22. The molecule has 0 radical (unpaired) electrons. The van der Waals surface area contributed by atoms with Crippen molar-refractivity contribution < 1.29 is 14.6 Å². The van der Waals surface area contributed by atoms with Crippen molar-refractivity contribution in [2.75, 3.05) is 27.3 Å². The fraction of sp³-hybridized carbons (Fsp3) is 0.375. The number of rotatable bonds is 6. The fourth-order valence-electron chi connectivity index (χ4n) is 2.34. The molecule has 1 unspecified atom stereocenters. The van der Waals surface area contributed by atoms with Gasteiger partial charge >= 0.3 is 0 Å². The second kappa shape index (κ2) is 7.59. The molecular formula is C16H20ClN3O3. The summed E-state index contributed by atoms with van der Waals surface area (Å²) in [5, 5.41) is 14.6. The smallest absolute Gasteiger partial charge is 0.257 e. The summed E-state index contributed by atoms with van der Waals surface area (Å²) in [7, 11) is 3.14. The number of halogens is 1. The molecule has 0 saturated heterocycles. The Labute approximate surface area is 140 Å². The molecule has 0 aliphatic rings. The quantitative estimate of drug-likeness (QED) is 0.874. The molecule has 1 N–H and O–H groups in total. The van der Waals surface area contributed by atoms with Gasteiger partial charge in [0.25, 0.3) is 5.91 Å². The first-order valence-corrected chi connectivity index (χ1v) is 7.55. The van der Waals surface area contributed by atoms with E-state index in [1.807, 2.05) is 25.1 Å². The van der Waals surface area contributed by atoms with Gasteiger partial charge in [0, 0.05) is 20.7 Å². The predicted octanol–water partition coefficient (Wildman–Crippen LogP) is 1.91. The number of amides is 1. The van der Waals surface area contributed by atoms with Crippen molar-refractivity contribution in [2.24, 2.45) is 0 Å². The van der Waals surface area contributed by atoms with Gasteiger partial charge in [-0.25, -0.2) is 4.68 Å². The van der Waals surface area contributed by atoms with Gasteiger partial charge in [0.1, 0.15) is 0 Å². The maximum absolute atomic E-state index is 12.5. The van der Waals surface area contributed by atoms with Gasteiger partial charge in [-0.3, -0.25) is 4.79 Å². The second-order valence-corrected chi connectivity index (χ2v) is 5.71. The number of benzene rings is 1. The Morgan fingerprint density at radius 3 is 2.83 bits per heavy atom. The van der Waals surface area contributed by atoms with Crippen LogP contribution >= 0.6 is 11.6 Å². The summed E-state index contributed by atoms with van der Waals surface area (Å²) in [6.45, 7) is 2.17. The van der Waals surface area contributed by atoms with Gasteiger partial charge in [0.15, 0.2) is 0 Å². The van der Waals surface area contributed by atoms with E-state index < -0.39 is 6.10 Å². The van der Waals surface area contributed by atoms with E-state index in [-0.39, 0.29) is 19.1 Å². The van der Waals surface area contributed by atoms with Crippen LogP contribution in [0, 0.1) is 6.92 Å². The van der Waals surface area contributed by atoms with Crippen molar-refractivity contribution in [3.8, 4) is 5.69 Å². The third kappa shape index (κ3) is 3.90. The summed E-state index contributed by atoms with van der Waals surface area (Å²) in [6.07, 6.45) is 0.785. The highest BCUT2D eigenvalue weighted by molar-refractivity contribution is 6.32. The minimum absolute atomic E-state index is 0.176. The van der Waals surface area contributed by atoms with Gasteiger partial charge in [-0.2, -0.15) is 5.10 Å². The summed E-state index contributed by atoms with van der Waals surface area (Å²) >= 11 is 6.18. The largest absolute Gasteiger partial charge is 0.389 e. The summed E-state index contributed by atoms with van der Waals surface area (Å²) in [5.74, 6) is -0.212. The van der Waals surface area contributed by atoms with E-state index in [0.717, 1.165) is 0 Å². The molecule has 0 aliphatic carbocycles. The van der Waals surface area contributed by atoms with Gasteiger partial charge in [-0.15, -0.1) is 0 Å². The number of aromatic nitrogens is 2. The van der Waals surface area contributed by atoms with Crippen molar-refractivity contribution in [1.82, 2.24) is 14.7 Å². The zero-order valence-corrected chi connectivity index (χ0v) is 14.1. The standard InChI is InChI=1S/C16H20ClN3O3/c1-11-13(16(22)19(2)9-12(21)10-23-3)8-18-20(11)15-7-5-4-6-14(15)17/h4-8,12,21H,9-10H2,1-3H3. The summed E-state index contributed by atoms with van der Waals surface area (Å²) < 4.78 is 6.50. The van der Waals surface area contributed by atoms with Crippen LogP contribution in [-0.2, 0) is 4.74 Å². The number of para-hydroxylation sites is 1. The Hall–Kier alpha value is -1.89. The summed E-state index contributed by atoms with van der Waals surface area (Å²) in [6, 6.07) is 7.30. The Morgan fingerprint density at radius 1 is 1.48 bits per heavy atom. The Morgan fingerprint density at radius 2 is 2.17 bits per heavy atom. The number of aliphatic hydroxyl groups excluding tert-OH is 1. The van der Waals surface area contributed by atoms with Gasteiger partial charge < -0.3 is 14.7 Å². The van der Waals surface area contributed by atoms with Crippen LogP contribution in [0.25, 0.3) is 5.69 Å². The van der Waals surface area contributed by atoms with E-state index in [4.69, 9.17) is 16.3 Å². The maximum Gasteiger partial charge on any atom is 0.257 e. The van der Waals surface area contributed by atoms with Gasteiger partial charge in [0.05, 0.1) is 40.9 Å². The molecule has 0 spiro atoms. The highest BCUT2D eigenvalue weighted by atomic mass is 35.5. The monoisotopic (exact) mass is 337 g/mol. The number of nitrogens with zero attached hydrogens (tertiary/aromatic N) is 3. The van der Waals surface area contributed by atoms with Crippen molar-refractivity contribution in [3.05, 3.63) is 46.7 Å². The van der Waals surface area contributed by atoms with Crippen molar-refractivity contribution in [1.29, 1.82) is 0 Å². The topological polar surface area (TPSA) is 67.6 Å². The van der Waals surface area contributed by atoms with Crippen molar-refractivity contribution in [3.63, 3.8) is 0 Å². The molecule has 1 amide bonds. The third-order valence-corrected chi connectivity index (χ3v) is 3.83. The Kier molecular flexibility index (Phi) is 5.76. The van der Waals surface area contributed by atoms with Gasteiger partial charge in [0.2, 0.25) is 0 Å². The molecule has 2 rings (SSSR count). The van der Waals surface area contributed by atoms with E-state index in [1.54, 1.807) is 17.8 Å². The average Bonchev–Trinajstić information content (AvgIpc) is 2.88. The van der Waals surface area contributed by atoms with E-state index in [2.05, 4.69) is 5.10 Å². The number of hydrogen-bond donors (Lipinski definition) is 1. The van der Waals surface area contributed by atoms with Crippen LogP contribution in [0.15, 0.2) is 30.5 Å². The minimum Gasteiger partial charge on any atom is -0.389 e. The third-order valence-electron chi connectivity index (χ3n) is 3.51. The lowest BCUT2D eigenvalue weighted by Gasteiger charge is -2.20. The van der Waals surface area contributed by atoms with Crippen LogP contribution in [0.2, 0.25) is 5.02 Å². The lowest BCUT2D eigenvalue weighted by atomic mass is 10.2. The number of methoxy groups -OCH3 is 1. The molecule has 0 aliphatic heterocycles. The molecule has 23 heavy (non-hydrogen) atoms. The lowest BCUT2D eigenvalue weighted by molar-refractivity contribution is 0.0380. The highest BCUT2D eigenvalue weighted by Crippen LogP contribution is 2.22. The zero-order valence-electron chi connectivity index (χ0n) is 13.4. The first-order valence-electron chi connectivity index (χ1n) is 7.17. The van der Waals surface area contributed by atoms with Crippen LogP contribution in [0.3, 0.4) is 0 Å². The highest BCUT2D eigenvalue weighted by Gasteiger charge is 2.21. The SMILES string of the molecule is COCC(O)CN(C)C(=O)c1cnn(-c2ccccc2Cl)c1C. The molecule has 1 heterocycles. The zero-order chi connectivity index (χ0) is 17.0.